The molecule has 1 aliphatic heterocycles. The summed E-state index contributed by atoms with van der Waals surface area (Å²) in [6, 6.07) is 7.75. The number of allylic oxidation sites excluding steroid dienone is 1. The molecule has 3 rings (SSSR count). The number of hydrogen-bond acceptors (Lipinski definition) is 6. The van der Waals surface area contributed by atoms with Crippen molar-refractivity contribution in [3.63, 3.8) is 0 Å². The van der Waals surface area contributed by atoms with E-state index in [-0.39, 0.29) is 11.8 Å². The third kappa shape index (κ3) is 2.76. The lowest BCUT2D eigenvalue weighted by molar-refractivity contribution is 0.354. The molecule has 0 saturated carbocycles. The van der Waals surface area contributed by atoms with Gasteiger partial charge in [-0.25, -0.2) is 0 Å². The van der Waals surface area contributed by atoms with E-state index in [0.717, 1.165) is 29.7 Å². The van der Waals surface area contributed by atoms with Crippen molar-refractivity contribution in [1.82, 2.24) is 10.2 Å². The van der Waals surface area contributed by atoms with Gasteiger partial charge in [-0.05, 0) is 24.1 Å². The van der Waals surface area contributed by atoms with Crippen molar-refractivity contribution in [2.24, 2.45) is 5.73 Å². The highest BCUT2D eigenvalue weighted by Crippen LogP contribution is 2.44. The smallest absolute Gasteiger partial charge is 0.244 e. The van der Waals surface area contributed by atoms with Gasteiger partial charge in [0.2, 0.25) is 11.8 Å². The van der Waals surface area contributed by atoms with Gasteiger partial charge in [-0.15, -0.1) is 5.10 Å². The molecule has 0 spiro atoms. The summed E-state index contributed by atoms with van der Waals surface area (Å²) in [7, 11) is 3.16. The molecule has 0 fully saturated rings. The Kier molecular flexibility index (Phi) is 4.52. The van der Waals surface area contributed by atoms with Crippen molar-refractivity contribution in [1.29, 1.82) is 5.26 Å². The number of aromatic nitrogens is 2. The number of aromatic amines is 1. The standard InChI is InChI=1S/C18H20N4O3/c1-4-5-12-16-15(10-6-7-13(23-2)14(8-10)24-3)11(9-19)17(20)25-18(16)22-21-12/h6-8,15H,4-5,20H2,1-3H3,(H,21,22)/t15-/m0/s1. The van der Waals surface area contributed by atoms with Crippen molar-refractivity contribution >= 4 is 0 Å². The van der Waals surface area contributed by atoms with Gasteiger partial charge in [0.25, 0.3) is 0 Å². The van der Waals surface area contributed by atoms with Crippen LogP contribution in [0.25, 0.3) is 0 Å². The van der Waals surface area contributed by atoms with E-state index in [4.69, 9.17) is 19.9 Å². The Morgan fingerprint density at radius 3 is 2.72 bits per heavy atom. The first-order valence-electron chi connectivity index (χ1n) is 8.01. The molecule has 0 aliphatic carbocycles. The molecule has 0 saturated heterocycles. The maximum absolute atomic E-state index is 9.65. The van der Waals surface area contributed by atoms with Crippen LogP contribution in [0.4, 0.5) is 0 Å². The van der Waals surface area contributed by atoms with E-state index in [1.807, 2.05) is 18.2 Å². The third-order valence-corrected chi connectivity index (χ3v) is 4.26. The average molecular weight is 340 g/mol. The number of benzene rings is 1. The fourth-order valence-corrected chi connectivity index (χ4v) is 3.11. The van der Waals surface area contributed by atoms with Gasteiger partial charge in [0, 0.05) is 11.3 Å². The molecule has 2 heterocycles. The highest BCUT2D eigenvalue weighted by molar-refractivity contribution is 5.57. The predicted octanol–water partition coefficient (Wildman–Crippen LogP) is 2.60. The quantitative estimate of drug-likeness (QED) is 0.866. The van der Waals surface area contributed by atoms with Crippen LogP contribution in [-0.4, -0.2) is 24.4 Å². The molecule has 7 heteroatoms. The van der Waals surface area contributed by atoms with Gasteiger partial charge in [-0.3, -0.25) is 5.10 Å². The van der Waals surface area contributed by atoms with E-state index in [1.165, 1.54) is 0 Å². The fourth-order valence-electron chi connectivity index (χ4n) is 3.11. The van der Waals surface area contributed by atoms with Gasteiger partial charge in [-0.1, -0.05) is 19.4 Å². The van der Waals surface area contributed by atoms with Gasteiger partial charge in [-0.2, -0.15) is 5.26 Å². The SMILES string of the molecule is CCCc1[nH]nc2c1[C@@H](c1ccc(OC)c(OC)c1)C(C#N)=C(N)O2. The number of rotatable bonds is 5. The first kappa shape index (κ1) is 16.7. The van der Waals surface area contributed by atoms with Crippen LogP contribution >= 0.6 is 0 Å². The van der Waals surface area contributed by atoms with Gasteiger partial charge in [0.15, 0.2) is 11.5 Å². The van der Waals surface area contributed by atoms with Crippen molar-refractivity contribution in [3.8, 4) is 23.4 Å². The molecular weight excluding hydrogens is 320 g/mol. The third-order valence-electron chi connectivity index (χ3n) is 4.26. The number of methoxy groups -OCH3 is 2. The molecule has 0 unspecified atom stereocenters. The van der Waals surface area contributed by atoms with Gasteiger partial charge >= 0.3 is 0 Å². The molecule has 1 aromatic heterocycles. The topological polar surface area (TPSA) is 106 Å². The molecule has 25 heavy (non-hydrogen) atoms. The summed E-state index contributed by atoms with van der Waals surface area (Å²) in [5.41, 5.74) is 8.98. The minimum absolute atomic E-state index is 0.0735. The summed E-state index contributed by atoms with van der Waals surface area (Å²) in [6.07, 6.45) is 1.74. The number of ether oxygens (including phenoxy) is 3. The van der Waals surface area contributed by atoms with Gasteiger partial charge < -0.3 is 19.9 Å². The number of nitrogens with two attached hydrogens (primary N) is 1. The molecule has 0 radical (unpaired) electrons. The van der Waals surface area contributed by atoms with E-state index in [0.29, 0.717) is 23.0 Å². The number of nitriles is 1. The highest BCUT2D eigenvalue weighted by Gasteiger charge is 2.35. The molecular formula is C18H20N4O3. The molecule has 3 N–H and O–H groups in total. The molecule has 0 bridgehead atoms. The van der Waals surface area contributed by atoms with Gasteiger partial charge in [0.1, 0.15) is 11.6 Å². The normalized spacial score (nSPS) is 16.0. The van der Waals surface area contributed by atoms with Crippen LogP contribution in [0.3, 0.4) is 0 Å². The largest absolute Gasteiger partial charge is 0.493 e. The maximum Gasteiger partial charge on any atom is 0.244 e. The molecule has 7 nitrogen and oxygen atoms in total. The van der Waals surface area contributed by atoms with Crippen molar-refractivity contribution in [2.45, 2.75) is 25.7 Å². The molecule has 1 aromatic carbocycles. The Morgan fingerprint density at radius 1 is 1.32 bits per heavy atom. The van der Waals surface area contributed by atoms with E-state index in [9.17, 15) is 5.26 Å². The number of nitrogens with zero attached hydrogens (tertiary/aromatic N) is 2. The molecule has 0 amide bonds. The van der Waals surface area contributed by atoms with Crippen LogP contribution in [0.2, 0.25) is 0 Å². The summed E-state index contributed by atoms with van der Waals surface area (Å²) in [6.45, 7) is 2.08. The molecule has 130 valence electrons. The van der Waals surface area contributed by atoms with Crippen molar-refractivity contribution in [2.75, 3.05) is 14.2 Å². The maximum atomic E-state index is 9.65. The Balaban J connectivity index is 2.19. The van der Waals surface area contributed by atoms with E-state index < -0.39 is 0 Å². The van der Waals surface area contributed by atoms with Crippen LogP contribution in [0.1, 0.15) is 36.1 Å². The monoisotopic (exact) mass is 340 g/mol. The van der Waals surface area contributed by atoms with Crippen LogP contribution in [0, 0.1) is 11.3 Å². The zero-order valence-electron chi connectivity index (χ0n) is 14.4. The van der Waals surface area contributed by atoms with E-state index >= 15 is 0 Å². The Hall–Kier alpha value is -3.14. The number of nitrogens with one attached hydrogen (secondary N) is 1. The van der Waals surface area contributed by atoms with Crippen LogP contribution in [-0.2, 0) is 6.42 Å². The lowest BCUT2D eigenvalue weighted by Crippen LogP contribution is -2.21. The predicted molar refractivity (Wildman–Crippen MR) is 91.4 cm³/mol. The van der Waals surface area contributed by atoms with Crippen LogP contribution in [0.5, 0.6) is 17.4 Å². The second-order valence-electron chi connectivity index (χ2n) is 5.71. The molecule has 2 aromatic rings. The first-order chi connectivity index (χ1) is 12.1. The van der Waals surface area contributed by atoms with E-state index in [1.54, 1.807) is 14.2 Å². The highest BCUT2D eigenvalue weighted by atomic mass is 16.5. The minimum atomic E-state index is -0.367. The zero-order chi connectivity index (χ0) is 18.0. The lowest BCUT2D eigenvalue weighted by Gasteiger charge is -2.24. The number of hydrogen-bond donors (Lipinski definition) is 2. The Morgan fingerprint density at radius 2 is 2.08 bits per heavy atom. The van der Waals surface area contributed by atoms with Crippen LogP contribution < -0.4 is 19.9 Å². The zero-order valence-corrected chi connectivity index (χ0v) is 14.4. The summed E-state index contributed by atoms with van der Waals surface area (Å²) < 4.78 is 16.3. The summed E-state index contributed by atoms with van der Waals surface area (Å²) in [4.78, 5) is 0. The summed E-state index contributed by atoms with van der Waals surface area (Å²) in [5.74, 6) is 1.33. The summed E-state index contributed by atoms with van der Waals surface area (Å²) >= 11 is 0. The molecule has 1 aliphatic rings. The Bertz CT molecular complexity index is 864. The molecule has 1 atom stereocenters. The van der Waals surface area contributed by atoms with Crippen molar-refractivity contribution in [3.05, 3.63) is 46.5 Å². The van der Waals surface area contributed by atoms with E-state index in [2.05, 4.69) is 23.2 Å². The summed E-state index contributed by atoms with van der Waals surface area (Å²) in [5, 5.41) is 16.9. The number of H-pyrrole nitrogens is 1. The van der Waals surface area contributed by atoms with Gasteiger partial charge in [0.05, 0.1) is 20.1 Å². The van der Waals surface area contributed by atoms with Crippen LogP contribution in [0.15, 0.2) is 29.7 Å². The number of fused-ring (bicyclic) bond motifs is 1. The lowest BCUT2D eigenvalue weighted by atomic mass is 9.83. The average Bonchev–Trinajstić information content (AvgIpc) is 3.02. The second kappa shape index (κ2) is 6.77. The number of aryl methyl sites for hydroxylation is 1. The second-order valence-corrected chi connectivity index (χ2v) is 5.71. The minimum Gasteiger partial charge on any atom is -0.493 e. The Labute approximate surface area is 146 Å². The fraction of sp³-hybridized carbons (Fsp3) is 0.333. The first-order valence-corrected chi connectivity index (χ1v) is 8.01. The van der Waals surface area contributed by atoms with Crippen molar-refractivity contribution < 1.29 is 14.2 Å².